The molecule has 0 radical (unpaired) electrons. The third-order valence-electron chi connectivity index (χ3n) is 3.59. The van der Waals surface area contributed by atoms with Crippen LogP contribution in [0.3, 0.4) is 0 Å². The summed E-state index contributed by atoms with van der Waals surface area (Å²) in [6.45, 7) is -0.940. The normalized spacial score (nSPS) is 51.9. The molecule has 0 aromatic carbocycles. The molecule has 2 rings (SSSR count). The number of hydrogen-bond donors (Lipinski definition) is 7. The van der Waals surface area contributed by atoms with Crippen molar-refractivity contribution in [3.63, 3.8) is 0 Å². The van der Waals surface area contributed by atoms with Gasteiger partial charge in [-0.2, -0.15) is 0 Å². The first kappa shape index (κ1) is 17.0. The molecule has 124 valence electrons. The van der Waals surface area contributed by atoms with Gasteiger partial charge >= 0.3 is 0 Å². The Morgan fingerprint density at radius 1 is 0.905 bits per heavy atom. The van der Waals surface area contributed by atoms with Crippen molar-refractivity contribution in [1.29, 1.82) is 0 Å². The van der Waals surface area contributed by atoms with E-state index in [-0.39, 0.29) is 6.61 Å². The van der Waals surface area contributed by atoms with E-state index in [4.69, 9.17) is 19.3 Å². The quantitative estimate of drug-likeness (QED) is 0.268. The van der Waals surface area contributed by atoms with Crippen LogP contribution in [-0.2, 0) is 14.2 Å². The molecule has 21 heavy (non-hydrogen) atoms. The lowest BCUT2D eigenvalue weighted by Crippen LogP contribution is -2.62. The summed E-state index contributed by atoms with van der Waals surface area (Å²) in [5.41, 5.74) is 0. The van der Waals surface area contributed by atoms with Gasteiger partial charge in [0.1, 0.15) is 42.7 Å². The second kappa shape index (κ2) is 6.79. The van der Waals surface area contributed by atoms with Crippen LogP contribution in [0.25, 0.3) is 0 Å². The van der Waals surface area contributed by atoms with E-state index in [1.54, 1.807) is 0 Å². The first-order chi connectivity index (χ1) is 9.86. The zero-order valence-corrected chi connectivity index (χ0v) is 11.0. The lowest BCUT2D eigenvalue weighted by Gasteiger charge is -2.43. The maximum atomic E-state index is 9.92. The minimum Gasteiger partial charge on any atom is -0.394 e. The minimum atomic E-state index is -1.70. The molecular formula is C11H20O10. The standard InChI is InChI=1S/C11H20O10/c12-1-4-6(15)9(8(17)10(18)20-4)21-11-7(16)5(14)3(13)2-19-11/h3-18H,1-2H2/t3-,4-,5+,6-,7-,8+,9+,10+,11-/m1/s1. The largest absolute Gasteiger partial charge is 0.394 e. The van der Waals surface area contributed by atoms with E-state index >= 15 is 0 Å². The Kier molecular flexibility index (Phi) is 5.48. The number of rotatable bonds is 3. The van der Waals surface area contributed by atoms with Gasteiger partial charge in [-0.1, -0.05) is 0 Å². The Morgan fingerprint density at radius 2 is 1.57 bits per heavy atom. The highest BCUT2D eigenvalue weighted by molar-refractivity contribution is 4.91. The van der Waals surface area contributed by atoms with Crippen molar-refractivity contribution >= 4 is 0 Å². The van der Waals surface area contributed by atoms with Crippen molar-refractivity contribution in [1.82, 2.24) is 0 Å². The first-order valence-electron chi connectivity index (χ1n) is 6.48. The van der Waals surface area contributed by atoms with Crippen molar-refractivity contribution in [2.45, 2.75) is 55.3 Å². The molecule has 0 amide bonds. The second-order valence-electron chi connectivity index (χ2n) is 5.08. The van der Waals surface area contributed by atoms with Gasteiger partial charge in [0.25, 0.3) is 0 Å². The Morgan fingerprint density at radius 3 is 2.19 bits per heavy atom. The van der Waals surface area contributed by atoms with Crippen LogP contribution in [0.1, 0.15) is 0 Å². The van der Waals surface area contributed by atoms with Gasteiger partial charge in [0.15, 0.2) is 12.6 Å². The Balaban J connectivity index is 2.05. The van der Waals surface area contributed by atoms with E-state index in [1.165, 1.54) is 0 Å². The predicted molar refractivity (Wildman–Crippen MR) is 62.6 cm³/mol. The molecule has 0 unspecified atom stereocenters. The molecule has 10 heteroatoms. The summed E-state index contributed by atoms with van der Waals surface area (Å²) in [5, 5.41) is 66.8. The van der Waals surface area contributed by atoms with Crippen molar-refractivity contribution in [2.75, 3.05) is 13.2 Å². The SMILES string of the molecule is OC[C@H]1O[C@H](O)[C@@H](O)[C@@H](O[C@H]2OC[C@@H](O)[C@H](O)[C@H]2O)[C@@H]1O. The molecule has 2 aliphatic heterocycles. The Bertz CT molecular complexity index is 341. The van der Waals surface area contributed by atoms with Gasteiger partial charge in [-0.15, -0.1) is 0 Å². The summed E-state index contributed by atoms with van der Waals surface area (Å²) >= 11 is 0. The molecular weight excluding hydrogens is 292 g/mol. The average Bonchev–Trinajstić information content (AvgIpc) is 2.47. The van der Waals surface area contributed by atoms with Crippen LogP contribution >= 0.6 is 0 Å². The smallest absolute Gasteiger partial charge is 0.186 e. The van der Waals surface area contributed by atoms with E-state index in [2.05, 4.69) is 0 Å². The van der Waals surface area contributed by atoms with Gasteiger partial charge in [0, 0.05) is 0 Å². The van der Waals surface area contributed by atoms with Crippen molar-refractivity contribution < 1.29 is 50.0 Å². The van der Waals surface area contributed by atoms with E-state index in [0.717, 1.165) is 0 Å². The van der Waals surface area contributed by atoms with Crippen LogP contribution in [0.15, 0.2) is 0 Å². The minimum absolute atomic E-state index is 0.315. The van der Waals surface area contributed by atoms with Crippen LogP contribution in [0.5, 0.6) is 0 Å². The van der Waals surface area contributed by atoms with Crippen molar-refractivity contribution in [3.8, 4) is 0 Å². The topological polar surface area (TPSA) is 169 Å². The molecule has 0 aromatic rings. The molecule has 0 saturated carbocycles. The van der Waals surface area contributed by atoms with Crippen LogP contribution in [0.4, 0.5) is 0 Å². The van der Waals surface area contributed by atoms with E-state index in [9.17, 15) is 30.6 Å². The second-order valence-corrected chi connectivity index (χ2v) is 5.08. The van der Waals surface area contributed by atoms with E-state index in [1.807, 2.05) is 0 Å². The average molecular weight is 312 g/mol. The Hall–Kier alpha value is -0.400. The summed E-state index contributed by atoms with van der Waals surface area (Å²) < 4.78 is 15.0. The van der Waals surface area contributed by atoms with Gasteiger partial charge in [-0.3, -0.25) is 0 Å². The molecule has 0 bridgehead atoms. The zero-order valence-electron chi connectivity index (χ0n) is 11.0. The Labute approximate surface area is 119 Å². The number of hydrogen-bond acceptors (Lipinski definition) is 10. The number of aliphatic hydroxyl groups is 7. The number of aliphatic hydroxyl groups excluding tert-OH is 7. The fourth-order valence-corrected chi connectivity index (χ4v) is 2.28. The molecule has 0 aliphatic carbocycles. The lowest BCUT2D eigenvalue weighted by atomic mass is 9.98. The molecule has 2 aliphatic rings. The fraction of sp³-hybridized carbons (Fsp3) is 1.00. The molecule has 2 saturated heterocycles. The highest BCUT2D eigenvalue weighted by Crippen LogP contribution is 2.26. The van der Waals surface area contributed by atoms with Crippen LogP contribution in [0.2, 0.25) is 0 Å². The van der Waals surface area contributed by atoms with E-state index < -0.39 is 61.9 Å². The summed E-state index contributed by atoms with van der Waals surface area (Å²) in [6, 6.07) is 0. The predicted octanol–water partition coefficient (Wildman–Crippen LogP) is -4.76. The summed E-state index contributed by atoms with van der Waals surface area (Å²) in [6.07, 6.45) is -13.3. The monoisotopic (exact) mass is 312 g/mol. The maximum absolute atomic E-state index is 9.92. The highest BCUT2D eigenvalue weighted by Gasteiger charge is 2.48. The van der Waals surface area contributed by atoms with Gasteiger partial charge in [-0.25, -0.2) is 0 Å². The van der Waals surface area contributed by atoms with Gasteiger partial charge < -0.3 is 50.0 Å². The van der Waals surface area contributed by atoms with Gasteiger partial charge in [0.2, 0.25) is 0 Å². The lowest BCUT2D eigenvalue weighted by molar-refractivity contribution is -0.343. The van der Waals surface area contributed by atoms with Gasteiger partial charge in [0.05, 0.1) is 13.2 Å². The molecule has 7 N–H and O–H groups in total. The zero-order chi connectivity index (χ0) is 15.7. The molecule has 2 heterocycles. The molecule has 10 nitrogen and oxygen atoms in total. The molecule has 9 atom stereocenters. The summed E-state index contributed by atoms with van der Waals surface area (Å²) in [4.78, 5) is 0. The molecule has 2 fully saturated rings. The van der Waals surface area contributed by atoms with E-state index in [0.29, 0.717) is 0 Å². The van der Waals surface area contributed by atoms with Crippen molar-refractivity contribution in [2.24, 2.45) is 0 Å². The first-order valence-corrected chi connectivity index (χ1v) is 6.48. The third kappa shape index (κ3) is 3.35. The van der Waals surface area contributed by atoms with Gasteiger partial charge in [-0.05, 0) is 0 Å². The van der Waals surface area contributed by atoms with Crippen LogP contribution in [-0.4, -0.2) is 104 Å². The highest BCUT2D eigenvalue weighted by atomic mass is 16.7. The third-order valence-corrected chi connectivity index (χ3v) is 3.59. The van der Waals surface area contributed by atoms with Crippen molar-refractivity contribution in [3.05, 3.63) is 0 Å². The summed E-state index contributed by atoms with van der Waals surface area (Å²) in [7, 11) is 0. The maximum Gasteiger partial charge on any atom is 0.186 e. The molecule has 0 aromatic heterocycles. The summed E-state index contributed by atoms with van der Waals surface area (Å²) in [5.74, 6) is 0. The fourth-order valence-electron chi connectivity index (χ4n) is 2.28. The van der Waals surface area contributed by atoms with Crippen LogP contribution < -0.4 is 0 Å². The molecule has 0 spiro atoms. The number of ether oxygens (including phenoxy) is 3. The van der Waals surface area contributed by atoms with Crippen LogP contribution in [0, 0.1) is 0 Å².